The van der Waals surface area contributed by atoms with Gasteiger partial charge in [-0.15, -0.1) is 0 Å². The Bertz CT molecular complexity index is 1290. The average molecular weight is 480 g/mol. The quantitative estimate of drug-likeness (QED) is 0.580. The van der Waals surface area contributed by atoms with E-state index < -0.39 is 0 Å². The molecule has 8 nitrogen and oxygen atoms in total. The van der Waals surface area contributed by atoms with Crippen LogP contribution in [0.5, 0.6) is 0 Å². The maximum absolute atomic E-state index is 13.6. The largest absolute Gasteiger partial charge is 0.379 e. The number of piperazine rings is 1. The molecule has 1 aliphatic carbocycles. The van der Waals surface area contributed by atoms with Crippen LogP contribution in [0.2, 0.25) is 0 Å². The summed E-state index contributed by atoms with van der Waals surface area (Å²) in [7, 11) is 1.76. The van der Waals surface area contributed by atoms with Gasteiger partial charge in [-0.2, -0.15) is 5.10 Å². The summed E-state index contributed by atoms with van der Waals surface area (Å²) in [6, 6.07) is 4.23. The Hall–Kier alpha value is -2.71. The number of rotatable bonds is 6. The molecule has 0 radical (unpaired) electrons. The van der Waals surface area contributed by atoms with Crippen LogP contribution in [-0.4, -0.2) is 75.9 Å². The highest BCUT2D eigenvalue weighted by Crippen LogP contribution is 2.34. The number of ether oxygens (including phenoxy) is 1. The summed E-state index contributed by atoms with van der Waals surface area (Å²) in [6.45, 7) is 10.3. The van der Waals surface area contributed by atoms with Crippen LogP contribution < -0.4 is 5.56 Å². The van der Waals surface area contributed by atoms with Crippen molar-refractivity contribution in [2.75, 3.05) is 39.8 Å². The Balaban J connectivity index is 1.42. The second kappa shape index (κ2) is 9.39. The van der Waals surface area contributed by atoms with Crippen LogP contribution in [0.25, 0.3) is 21.8 Å². The topological polar surface area (TPSA) is 83.5 Å². The first-order chi connectivity index (χ1) is 16.8. The normalized spacial score (nSPS) is 18.2. The number of nitrogens with zero attached hydrogens (tertiary/aromatic N) is 4. The van der Waals surface area contributed by atoms with Crippen molar-refractivity contribution in [1.29, 1.82) is 0 Å². The molecule has 0 bridgehead atoms. The fraction of sp³-hybridized carbons (Fsp3) is 0.593. The fourth-order valence-electron chi connectivity index (χ4n) is 5.52. The van der Waals surface area contributed by atoms with E-state index in [1.807, 2.05) is 28.6 Å². The number of nitrogens with one attached hydrogen (secondary N) is 1. The minimum absolute atomic E-state index is 0.0625. The number of methoxy groups -OCH3 is 1. The van der Waals surface area contributed by atoms with Crippen LogP contribution in [-0.2, 0) is 4.74 Å². The van der Waals surface area contributed by atoms with E-state index in [-0.39, 0.29) is 17.1 Å². The molecule has 3 heterocycles. The lowest BCUT2D eigenvalue weighted by Gasteiger charge is -2.36. The second-order valence-corrected chi connectivity index (χ2v) is 10.8. The number of carbonyl (C=O) groups is 1. The Morgan fingerprint density at radius 2 is 1.86 bits per heavy atom. The maximum atomic E-state index is 13.6. The van der Waals surface area contributed by atoms with Gasteiger partial charge in [0.1, 0.15) is 0 Å². The zero-order valence-electron chi connectivity index (χ0n) is 21.4. The molecule has 1 saturated heterocycles. The van der Waals surface area contributed by atoms with E-state index in [0.29, 0.717) is 30.1 Å². The van der Waals surface area contributed by atoms with Gasteiger partial charge >= 0.3 is 0 Å². The van der Waals surface area contributed by atoms with Crippen molar-refractivity contribution in [3.63, 3.8) is 0 Å². The molecule has 1 saturated carbocycles. The molecule has 35 heavy (non-hydrogen) atoms. The summed E-state index contributed by atoms with van der Waals surface area (Å²) < 4.78 is 7.58. The van der Waals surface area contributed by atoms with Crippen molar-refractivity contribution >= 4 is 27.7 Å². The second-order valence-electron chi connectivity index (χ2n) is 10.8. The van der Waals surface area contributed by atoms with Crippen LogP contribution in [0.4, 0.5) is 0 Å². The zero-order chi connectivity index (χ0) is 24.7. The molecule has 2 aromatic heterocycles. The van der Waals surface area contributed by atoms with Gasteiger partial charge in [0, 0.05) is 50.8 Å². The van der Waals surface area contributed by atoms with E-state index in [4.69, 9.17) is 4.74 Å². The molecule has 2 aliphatic rings. The minimum atomic E-state index is -0.132. The number of fused-ring (bicyclic) bond motifs is 3. The smallest absolute Gasteiger partial charge is 0.259 e. The molecule has 1 aliphatic heterocycles. The molecule has 0 atom stereocenters. The van der Waals surface area contributed by atoms with Crippen LogP contribution in [0.15, 0.2) is 23.1 Å². The SMILES string of the molecule is COC(C)(C)CCN1CCN(C(=O)c2cc3c(cc2C)[nH]c(=O)c2cnn(C4CCCC4)c23)CC1. The van der Waals surface area contributed by atoms with Crippen molar-refractivity contribution < 1.29 is 9.53 Å². The summed E-state index contributed by atoms with van der Waals surface area (Å²) >= 11 is 0. The minimum Gasteiger partial charge on any atom is -0.379 e. The number of hydrogen-bond donors (Lipinski definition) is 1. The van der Waals surface area contributed by atoms with Gasteiger partial charge < -0.3 is 14.6 Å². The van der Waals surface area contributed by atoms with E-state index in [9.17, 15) is 9.59 Å². The third-order valence-corrected chi connectivity index (χ3v) is 8.05. The average Bonchev–Trinajstić information content (AvgIpc) is 3.53. The van der Waals surface area contributed by atoms with E-state index in [1.54, 1.807) is 13.3 Å². The van der Waals surface area contributed by atoms with E-state index in [1.165, 1.54) is 12.8 Å². The Morgan fingerprint density at radius 3 is 2.54 bits per heavy atom. The molecule has 1 amide bonds. The fourth-order valence-corrected chi connectivity index (χ4v) is 5.52. The molecule has 8 heteroatoms. The molecule has 1 aromatic carbocycles. The molecule has 5 rings (SSSR count). The lowest BCUT2D eigenvalue weighted by molar-refractivity contribution is 0.00345. The highest BCUT2D eigenvalue weighted by atomic mass is 16.5. The highest BCUT2D eigenvalue weighted by molar-refractivity contribution is 6.07. The van der Waals surface area contributed by atoms with Crippen LogP contribution in [0, 0.1) is 6.92 Å². The number of carbonyl (C=O) groups excluding carboxylic acids is 1. The van der Waals surface area contributed by atoms with Gasteiger partial charge in [-0.1, -0.05) is 12.8 Å². The number of H-pyrrole nitrogens is 1. The van der Waals surface area contributed by atoms with Crippen molar-refractivity contribution in [3.05, 3.63) is 39.8 Å². The third-order valence-electron chi connectivity index (χ3n) is 8.05. The molecule has 2 fully saturated rings. The lowest BCUT2D eigenvalue weighted by atomic mass is 10.0. The van der Waals surface area contributed by atoms with Gasteiger partial charge in [-0.05, 0) is 57.7 Å². The number of aromatic nitrogens is 3. The van der Waals surface area contributed by atoms with Crippen molar-refractivity contribution in [2.24, 2.45) is 0 Å². The summed E-state index contributed by atoms with van der Waals surface area (Å²) in [5.41, 5.74) is 2.96. The Morgan fingerprint density at radius 1 is 1.14 bits per heavy atom. The van der Waals surface area contributed by atoms with Crippen molar-refractivity contribution in [3.8, 4) is 0 Å². The van der Waals surface area contributed by atoms with Crippen LogP contribution in [0.3, 0.4) is 0 Å². The van der Waals surface area contributed by atoms with E-state index >= 15 is 0 Å². The number of pyridine rings is 1. The summed E-state index contributed by atoms with van der Waals surface area (Å²) in [5, 5.41) is 6.11. The molecule has 0 unspecified atom stereocenters. The van der Waals surface area contributed by atoms with Gasteiger partial charge in [0.2, 0.25) is 0 Å². The number of hydrogen-bond acceptors (Lipinski definition) is 5. The molecule has 0 spiro atoms. The first-order valence-corrected chi connectivity index (χ1v) is 12.9. The van der Waals surface area contributed by atoms with Gasteiger partial charge in [0.25, 0.3) is 11.5 Å². The zero-order valence-corrected chi connectivity index (χ0v) is 21.4. The van der Waals surface area contributed by atoms with Crippen molar-refractivity contribution in [1.82, 2.24) is 24.6 Å². The molecule has 188 valence electrons. The summed E-state index contributed by atoms with van der Waals surface area (Å²) in [6.07, 6.45) is 7.17. The van der Waals surface area contributed by atoms with Gasteiger partial charge in [0.15, 0.2) is 0 Å². The van der Waals surface area contributed by atoms with Crippen LogP contribution >= 0.6 is 0 Å². The van der Waals surface area contributed by atoms with Crippen LogP contribution in [0.1, 0.15) is 67.9 Å². The van der Waals surface area contributed by atoms with Gasteiger partial charge in [-0.3, -0.25) is 19.2 Å². The Kier molecular flexibility index (Phi) is 6.44. The number of amides is 1. The predicted octanol–water partition coefficient (Wildman–Crippen LogP) is 3.87. The number of aryl methyl sites for hydroxylation is 1. The first-order valence-electron chi connectivity index (χ1n) is 12.9. The van der Waals surface area contributed by atoms with Gasteiger partial charge in [0.05, 0.1) is 34.3 Å². The summed E-state index contributed by atoms with van der Waals surface area (Å²) in [5.74, 6) is 0.0625. The number of aromatic amines is 1. The van der Waals surface area contributed by atoms with E-state index in [2.05, 4.69) is 28.8 Å². The summed E-state index contributed by atoms with van der Waals surface area (Å²) in [4.78, 5) is 33.8. The third kappa shape index (κ3) is 4.61. The molecule has 1 N–H and O–H groups in total. The number of benzene rings is 1. The maximum Gasteiger partial charge on any atom is 0.259 e. The highest BCUT2D eigenvalue weighted by Gasteiger charge is 2.27. The monoisotopic (exact) mass is 479 g/mol. The predicted molar refractivity (Wildman–Crippen MR) is 138 cm³/mol. The van der Waals surface area contributed by atoms with Crippen molar-refractivity contribution in [2.45, 2.75) is 64.5 Å². The molecule has 3 aromatic rings. The molecular formula is C27H37N5O3. The van der Waals surface area contributed by atoms with E-state index in [0.717, 1.165) is 60.9 Å². The standard InChI is InChI=1S/C27H37N5O3/c1-18-15-23-21(24-22(25(33)29-23)17-28-32(24)19-7-5-6-8-19)16-20(18)26(34)31-13-11-30(12-14-31)10-9-27(2,3)35-4/h15-17,19H,5-14H2,1-4H3,(H,29,33). The molecular weight excluding hydrogens is 442 g/mol. The first kappa shape index (κ1) is 24.0. The van der Waals surface area contributed by atoms with Gasteiger partial charge in [-0.25, -0.2) is 0 Å². The lowest BCUT2D eigenvalue weighted by Crippen LogP contribution is -2.49. The Labute approximate surface area is 206 Å².